The molecule has 0 unspecified atom stereocenters. The van der Waals surface area contributed by atoms with Crippen molar-refractivity contribution < 1.29 is 13.5 Å². The van der Waals surface area contributed by atoms with Crippen molar-refractivity contribution in [2.45, 2.75) is 5.03 Å². The molecular formula is C14H19N5O3S. The average molecular weight is 337 g/mol. The fraction of sp³-hybridized carbons (Fsp3) is 0.429. The van der Waals surface area contributed by atoms with E-state index in [-0.39, 0.29) is 11.6 Å². The number of nitrogens with zero attached hydrogens (tertiary/aromatic N) is 5. The maximum Gasteiger partial charge on any atom is 0.262 e. The van der Waals surface area contributed by atoms with Gasteiger partial charge < -0.3 is 5.11 Å². The molecule has 1 N–H and O–H groups in total. The minimum absolute atomic E-state index is 0.0688. The number of hydrogen-bond acceptors (Lipinski definition) is 6. The molecular weight excluding hydrogens is 318 g/mol. The molecule has 124 valence electrons. The highest BCUT2D eigenvalue weighted by Gasteiger charge is 2.31. The Morgan fingerprint density at radius 3 is 2.43 bits per heavy atom. The lowest BCUT2D eigenvalue weighted by molar-refractivity contribution is 0.151. The van der Waals surface area contributed by atoms with Crippen LogP contribution in [0.2, 0.25) is 0 Å². The van der Waals surface area contributed by atoms with Crippen molar-refractivity contribution >= 4 is 10.0 Å². The summed E-state index contributed by atoms with van der Waals surface area (Å²) in [6.07, 6.45) is 1.28. The first kappa shape index (κ1) is 16.1. The number of sulfonamides is 1. The molecule has 1 aromatic heterocycles. The summed E-state index contributed by atoms with van der Waals surface area (Å²) in [5.74, 6) is 0. The zero-order valence-electron chi connectivity index (χ0n) is 12.6. The van der Waals surface area contributed by atoms with E-state index in [0.29, 0.717) is 38.4 Å². The van der Waals surface area contributed by atoms with Crippen LogP contribution in [-0.4, -0.2) is 77.1 Å². The number of benzene rings is 1. The highest BCUT2D eigenvalue weighted by molar-refractivity contribution is 7.89. The van der Waals surface area contributed by atoms with Crippen LogP contribution >= 0.6 is 0 Å². The van der Waals surface area contributed by atoms with Gasteiger partial charge in [0.05, 0.1) is 18.5 Å². The third-order valence-electron chi connectivity index (χ3n) is 3.87. The summed E-state index contributed by atoms with van der Waals surface area (Å²) in [4.78, 5) is 2.04. The third-order valence-corrected chi connectivity index (χ3v) is 5.72. The second-order valence-electron chi connectivity index (χ2n) is 5.29. The largest absolute Gasteiger partial charge is 0.395 e. The molecule has 2 heterocycles. The number of aromatic nitrogens is 3. The van der Waals surface area contributed by atoms with Gasteiger partial charge in [-0.25, -0.2) is 13.1 Å². The molecule has 0 bridgehead atoms. The lowest BCUT2D eigenvalue weighted by atomic mass is 10.3. The normalized spacial score (nSPS) is 17.4. The zero-order chi connectivity index (χ0) is 16.3. The molecule has 8 nitrogen and oxygen atoms in total. The second-order valence-corrected chi connectivity index (χ2v) is 7.17. The smallest absolute Gasteiger partial charge is 0.262 e. The van der Waals surface area contributed by atoms with Crippen molar-refractivity contribution in [1.29, 1.82) is 0 Å². The number of β-amino-alcohol motifs (C(OH)–C–C–N with tert-alkyl or cyclic N) is 1. The summed E-state index contributed by atoms with van der Waals surface area (Å²) in [6, 6.07) is 9.07. The van der Waals surface area contributed by atoms with E-state index in [4.69, 9.17) is 5.11 Å². The first-order chi connectivity index (χ1) is 11.1. The lowest BCUT2D eigenvalue weighted by Crippen LogP contribution is -2.49. The molecule has 0 radical (unpaired) electrons. The predicted octanol–water partition coefficient (Wildman–Crippen LogP) is -0.434. The molecule has 1 aliphatic heterocycles. The van der Waals surface area contributed by atoms with E-state index in [1.807, 2.05) is 23.1 Å². The van der Waals surface area contributed by atoms with Gasteiger partial charge in [-0.05, 0) is 12.1 Å². The monoisotopic (exact) mass is 337 g/mol. The Labute approximate surface area is 135 Å². The molecule has 2 aromatic rings. The van der Waals surface area contributed by atoms with Gasteiger partial charge in [-0.2, -0.15) is 4.31 Å². The van der Waals surface area contributed by atoms with Crippen LogP contribution < -0.4 is 0 Å². The Morgan fingerprint density at radius 2 is 1.78 bits per heavy atom. The fourth-order valence-electron chi connectivity index (χ4n) is 2.62. The van der Waals surface area contributed by atoms with Crippen LogP contribution in [0.15, 0.2) is 41.6 Å². The van der Waals surface area contributed by atoms with Crippen molar-refractivity contribution in [3.8, 4) is 5.69 Å². The van der Waals surface area contributed by atoms with Crippen LogP contribution in [0.1, 0.15) is 0 Å². The Kier molecular flexibility index (Phi) is 4.71. The van der Waals surface area contributed by atoms with E-state index < -0.39 is 10.0 Å². The van der Waals surface area contributed by atoms with Gasteiger partial charge in [0.25, 0.3) is 10.0 Å². The Hall–Kier alpha value is -1.81. The molecule has 0 spiro atoms. The zero-order valence-corrected chi connectivity index (χ0v) is 13.4. The van der Waals surface area contributed by atoms with Gasteiger partial charge in [0.2, 0.25) is 0 Å². The number of aliphatic hydroxyl groups is 1. The van der Waals surface area contributed by atoms with Crippen molar-refractivity contribution in [2.24, 2.45) is 0 Å². The number of rotatable bonds is 5. The van der Waals surface area contributed by atoms with Crippen LogP contribution in [-0.2, 0) is 10.0 Å². The topological polar surface area (TPSA) is 91.6 Å². The van der Waals surface area contributed by atoms with Crippen LogP contribution in [0.3, 0.4) is 0 Å². The van der Waals surface area contributed by atoms with Crippen LogP contribution in [0.5, 0.6) is 0 Å². The van der Waals surface area contributed by atoms with Gasteiger partial charge in [0.1, 0.15) is 0 Å². The van der Waals surface area contributed by atoms with Crippen molar-refractivity contribution in [2.75, 3.05) is 39.3 Å². The SMILES string of the molecule is O=S(=O)(c1cnnn1-c1ccccc1)N1CCN(CCO)CC1. The average Bonchev–Trinajstić information content (AvgIpc) is 3.07. The molecule has 1 fully saturated rings. The summed E-state index contributed by atoms with van der Waals surface area (Å²) < 4.78 is 28.5. The first-order valence-electron chi connectivity index (χ1n) is 7.42. The van der Waals surface area contributed by atoms with Gasteiger partial charge in [-0.15, -0.1) is 5.10 Å². The molecule has 9 heteroatoms. The third kappa shape index (κ3) is 3.27. The van der Waals surface area contributed by atoms with Gasteiger partial charge in [0, 0.05) is 32.7 Å². The predicted molar refractivity (Wildman–Crippen MR) is 83.6 cm³/mol. The van der Waals surface area contributed by atoms with E-state index >= 15 is 0 Å². The van der Waals surface area contributed by atoms with Crippen LogP contribution in [0, 0.1) is 0 Å². The van der Waals surface area contributed by atoms with Crippen molar-refractivity contribution in [1.82, 2.24) is 24.2 Å². The van der Waals surface area contributed by atoms with E-state index in [2.05, 4.69) is 10.3 Å². The van der Waals surface area contributed by atoms with Crippen molar-refractivity contribution in [3.05, 3.63) is 36.5 Å². The molecule has 0 aliphatic carbocycles. The quantitative estimate of drug-likeness (QED) is 0.796. The van der Waals surface area contributed by atoms with Gasteiger partial charge in [0.15, 0.2) is 5.03 Å². The fourth-order valence-corrected chi connectivity index (χ4v) is 4.07. The van der Waals surface area contributed by atoms with E-state index in [9.17, 15) is 8.42 Å². The van der Waals surface area contributed by atoms with Gasteiger partial charge in [-0.1, -0.05) is 23.4 Å². The van der Waals surface area contributed by atoms with E-state index in [1.165, 1.54) is 15.2 Å². The summed E-state index contributed by atoms with van der Waals surface area (Å²) in [5.41, 5.74) is 0.655. The minimum atomic E-state index is -3.65. The molecule has 1 aliphatic rings. The number of aliphatic hydroxyl groups excluding tert-OH is 1. The summed E-state index contributed by atoms with van der Waals surface area (Å²) in [5, 5.41) is 16.7. The van der Waals surface area contributed by atoms with Crippen molar-refractivity contribution in [3.63, 3.8) is 0 Å². The molecule has 0 amide bonds. The number of para-hydroxylation sites is 1. The standard InChI is InChI=1S/C14H19N5O3S/c20-11-10-17-6-8-18(9-7-17)23(21,22)14-12-15-16-19(14)13-4-2-1-3-5-13/h1-5,12,20H,6-11H2. The maximum absolute atomic E-state index is 12.9. The maximum atomic E-state index is 12.9. The number of piperazine rings is 1. The number of hydrogen-bond donors (Lipinski definition) is 1. The first-order valence-corrected chi connectivity index (χ1v) is 8.86. The molecule has 23 heavy (non-hydrogen) atoms. The summed E-state index contributed by atoms with van der Waals surface area (Å²) >= 11 is 0. The Balaban J connectivity index is 1.83. The van der Waals surface area contributed by atoms with Gasteiger partial charge >= 0.3 is 0 Å². The lowest BCUT2D eigenvalue weighted by Gasteiger charge is -2.33. The Bertz CT molecular complexity index is 739. The molecule has 1 saturated heterocycles. The second kappa shape index (κ2) is 6.75. The summed E-state index contributed by atoms with van der Waals surface area (Å²) in [7, 11) is -3.65. The molecule has 3 rings (SSSR count). The van der Waals surface area contributed by atoms with Crippen LogP contribution in [0.25, 0.3) is 5.69 Å². The molecule has 1 aromatic carbocycles. The minimum Gasteiger partial charge on any atom is -0.395 e. The molecule has 0 saturated carbocycles. The van der Waals surface area contributed by atoms with E-state index in [0.717, 1.165) is 0 Å². The highest BCUT2D eigenvalue weighted by atomic mass is 32.2. The van der Waals surface area contributed by atoms with Gasteiger partial charge in [-0.3, -0.25) is 4.90 Å². The van der Waals surface area contributed by atoms with Crippen LogP contribution in [0.4, 0.5) is 0 Å². The molecule has 0 atom stereocenters. The summed E-state index contributed by atoms with van der Waals surface area (Å²) in [6.45, 7) is 2.64. The van der Waals surface area contributed by atoms with E-state index in [1.54, 1.807) is 12.1 Å². The Morgan fingerprint density at radius 1 is 1.09 bits per heavy atom. The highest BCUT2D eigenvalue weighted by Crippen LogP contribution is 2.19.